The average molecular weight is 291 g/mol. The van der Waals surface area contributed by atoms with Crippen molar-refractivity contribution in [3.8, 4) is 0 Å². The van der Waals surface area contributed by atoms with Crippen LogP contribution in [-0.2, 0) is 24.1 Å². The van der Waals surface area contributed by atoms with E-state index in [1.54, 1.807) is 0 Å². The van der Waals surface area contributed by atoms with Gasteiger partial charge in [-0.25, -0.2) is 0 Å². The van der Waals surface area contributed by atoms with E-state index in [4.69, 9.17) is 0 Å². The van der Waals surface area contributed by atoms with E-state index < -0.39 is 0 Å². The molecule has 1 amide bonds. The highest BCUT2D eigenvalue weighted by molar-refractivity contribution is 6.06. The van der Waals surface area contributed by atoms with E-state index in [0.29, 0.717) is 12.8 Å². The molecule has 2 aromatic carbocycles. The minimum Gasteiger partial charge on any atom is -0.326 e. The molecule has 22 heavy (non-hydrogen) atoms. The number of benzene rings is 2. The number of amides is 1. The third-order valence-electron chi connectivity index (χ3n) is 4.68. The van der Waals surface area contributed by atoms with Gasteiger partial charge in [-0.05, 0) is 42.0 Å². The van der Waals surface area contributed by atoms with Gasteiger partial charge in [0.1, 0.15) is 0 Å². The third-order valence-corrected chi connectivity index (χ3v) is 4.68. The summed E-state index contributed by atoms with van der Waals surface area (Å²) >= 11 is 0. The van der Waals surface area contributed by atoms with Crippen LogP contribution in [0.4, 0.5) is 5.69 Å². The average Bonchev–Trinajstić information content (AvgIpc) is 2.85. The molecule has 1 heterocycles. The summed E-state index contributed by atoms with van der Waals surface area (Å²) in [5, 5.41) is 2.88. The van der Waals surface area contributed by atoms with Crippen LogP contribution in [0.25, 0.3) is 0 Å². The summed E-state index contributed by atoms with van der Waals surface area (Å²) in [6, 6.07) is 14.1. The van der Waals surface area contributed by atoms with Crippen molar-refractivity contribution in [1.29, 1.82) is 0 Å². The molecule has 3 nitrogen and oxygen atoms in total. The number of Topliss-reactive ketones (excluding diaryl/α,β-unsaturated/α-hetero) is 1. The maximum Gasteiger partial charge on any atom is 0.224 e. The van der Waals surface area contributed by atoms with Gasteiger partial charge in [0.05, 0.1) is 0 Å². The van der Waals surface area contributed by atoms with Gasteiger partial charge in [-0.1, -0.05) is 36.4 Å². The summed E-state index contributed by atoms with van der Waals surface area (Å²) in [4.78, 5) is 24.4. The Hall–Kier alpha value is -2.42. The molecule has 0 fully saturated rings. The Morgan fingerprint density at radius 1 is 1.00 bits per heavy atom. The van der Waals surface area contributed by atoms with Crippen molar-refractivity contribution in [3.05, 3.63) is 64.7 Å². The quantitative estimate of drug-likeness (QED) is 0.923. The molecule has 0 spiro atoms. The van der Waals surface area contributed by atoms with Crippen molar-refractivity contribution in [3.63, 3.8) is 0 Å². The first-order valence-electron chi connectivity index (χ1n) is 7.75. The predicted molar refractivity (Wildman–Crippen MR) is 85.1 cm³/mol. The number of anilines is 1. The molecule has 2 aromatic rings. The summed E-state index contributed by atoms with van der Waals surface area (Å²) in [6.45, 7) is 0. The summed E-state index contributed by atoms with van der Waals surface area (Å²) in [5.41, 5.74) is 5.08. The van der Waals surface area contributed by atoms with E-state index in [0.717, 1.165) is 35.2 Å². The van der Waals surface area contributed by atoms with Crippen molar-refractivity contribution >= 4 is 17.4 Å². The topological polar surface area (TPSA) is 46.2 Å². The Morgan fingerprint density at radius 2 is 1.82 bits per heavy atom. The lowest BCUT2D eigenvalue weighted by atomic mass is 9.92. The number of rotatable bonds is 2. The predicted octanol–water partition coefficient (Wildman–Crippen LogP) is 3.17. The number of hydrogen-bond donors (Lipinski definition) is 1. The normalized spacial score (nSPS) is 19.5. The second-order valence-corrected chi connectivity index (χ2v) is 6.13. The van der Waals surface area contributed by atoms with E-state index in [1.807, 2.05) is 30.3 Å². The van der Waals surface area contributed by atoms with Crippen LogP contribution in [0.15, 0.2) is 42.5 Å². The minimum atomic E-state index is 0.0292. The van der Waals surface area contributed by atoms with Crippen molar-refractivity contribution < 1.29 is 9.59 Å². The summed E-state index contributed by atoms with van der Waals surface area (Å²) in [6.07, 6.45) is 2.74. The van der Waals surface area contributed by atoms with Crippen LogP contribution in [0.1, 0.15) is 33.5 Å². The van der Waals surface area contributed by atoms with E-state index in [2.05, 4.69) is 17.4 Å². The van der Waals surface area contributed by atoms with Crippen molar-refractivity contribution in [2.45, 2.75) is 25.7 Å². The Bertz CT molecular complexity index is 765. The van der Waals surface area contributed by atoms with Crippen molar-refractivity contribution in [1.82, 2.24) is 0 Å². The largest absolute Gasteiger partial charge is 0.326 e. The van der Waals surface area contributed by atoms with Crippen LogP contribution >= 0.6 is 0 Å². The third kappa shape index (κ3) is 2.13. The highest BCUT2D eigenvalue weighted by Crippen LogP contribution is 2.37. The molecule has 0 radical (unpaired) electrons. The molecule has 1 atom stereocenters. The summed E-state index contributed by atoms with van der Waals surface area (Å²) < 4.78 is 0. The van der Waals surface area contributed by atoms with Gasteiger partial charge in [0.25, 0.3) is 0 Å². The second-order valence-electron chi connectivity index (χ2n) is 6.13. The molecule has 1 N–H and O–H groups in total. The van der Waals surface area contributed by atoms with Gasteiger partial charge in [0.2, 0.25) is 5.91 Å². The Labute approximate surface area is 129 Å². The summed E-state index contributed by atoms with van der Waals surface area (Å²) in [5.74, 6) is 0.312. The number of fused-ring (bicyclic) bond motifs is 3. The highest BCUT2D eigenvalue weighted by atomic mass is 16.1. The molecule has 110 valence electrons. The first-order valence-corrected chi connectivity index (χ1v) is 7.75. The Morgan fingerprint density at radius 3 is 2.64 bits per heavy atom. The first kappa shape index (κ1) is 13.3. The SMILES string of the molecule is O=C1CCc2c(ccc3c2C(=O)[C@H](Cc2ccccc2)C3)N1. The fourth-order valence-corrected chi connectivity index (χ4v) is 3.63. The molecule has 0 saturated carbocycles. The van der Waals surface area contributed by atoms with Gasteiger partial charge in [0, 0.05) is 23.6 Å². The van der Waals surface area contributed by atoms with Gasteiger partial charge < -0.3 is 5.32 Å². The van der Waals surface area contributed by atoms with Gasteiger partial charge in [-0.3, -0.25) is 9.59 Å². The van der Waals surface area contributed by atoms with Gasteiger partial charge >= 0.3 is 0 Å². The molecule has 1 aliphatic carbocycles. The lowest BCUT2D eigenvalue weighted by Gasteiger charge is -2.19. The molecular weight excluding hydrogens is 274 g/mol. The van der Waals surface area contributed by atoms with Crippen LogP contribution in [-0.4, -0.2) is 11.7 Å². The van der Waals surface area contributed by atoms with Crippen LogP contribution < -0.4 is 5.32 Å². The second kappa shape index (κ2) is 5.09. The molecule has 0 aromatic heterocycles. The Balaban J connectivity index is 1.66. The fourth-order valence-electron chi connectivity index (χ4n) is 3.63. The van der Waals surface area contributed by atoms with E-state index >= 15 is 0 Å². The number of hydrogen-bond acceptors (Lipinski definition) is 2. The van der Waals surface area contributed by atoms with Gasteiger partial charge in [-0.2, -0.15) is 0 Å². The lowest BCUT2D eigenvalue weighted by molar-refractivity contribution is -0.116. The number of nitrogens with one attached hydrogen (secondary N) is 1. The number of carbonyl (C=O) groups is 2. The van der Waals surface area contributed by atoms with Crippen LogP contribution in [0.3, 0.4) is 0 Å². The van der Waals surface area contributed by atoms with Crippen LogP contribution in [0.2, 0.25) is 0 Å². The molecule has 0 unspecified atom stereocenters. The molecular formula is C19H17NO2. The Kier molecular flexibility index (Phi) is 3.07. The first-order chi connectivity index (χ1) is 10.7. The zero-order valence-electron chi connectivity index (χ0n) is 12.3. The molecule has 4 rings (SSSR count). The summed E-state index contributed by atoms with van der Waals surface area (Å²) in [7, 11) is 0. The van der Waals surface area contributed by atoms with Gasteiger partial charge in [-0.15, -0.1) is 0 Å². The standard InChI is InChI=1S/C19H17NO2/c21-17-9-7-15-16(20-17)8-6-13-11-14(19(22)18(13)15)10-12-4-2-1-3-5-12/h1-6,8,14H,7,9-11H2,(H,20,21)/t14-/m1/s1. The van der Waals surface area contributed by atoms with E-state index in [9.17, 15) is 9.59 Å². The zero-order valence-corrected chi connectivity index (χ0v) is 12.3. The minimum absolute atomic E-state index is 0.0292. The van der Waals surface area contributed by atoms with E-state index in [1.165, 1.54) is 5.56 Å². The van der Waals surface area contributed by atoms with Crippen LogP contribution in [0, 0.1) is 5.92 Å². The number of ketones is 1. The maximum absolute atomic E-state index is 12.8. The monoisotopic (exact) mass is 291 g/mol. The smallest absolute Gasteiger partial charge is 0.224 e. The molecule has 2 aliphatic rings. The van der Waals surface area contributed by atoms with Crippen molar-refractivity contribution in [2.24, 2.45) is 5.92 Å². The molecule has 1 aliphatic heterocycles. The molecule has 0 bridgehead atoms. The number of carbonyl (C=O) groups excluding carboxylic acids is 2. The lowest BCUT2D eigenvalue weighted by Crippen LogP contribution is -2.21. The molecule has 3 heteroatoms. The van der Waals surface area contributed by atoms with Crippen LogP contribution in [0.5, 0.6) is 0 Å². The highest BCUT2D eigenvalue weighted by Gasteiger charge is 2.34. The van der Waals surface area contributed by atoms with Gasteiger partial charge in [0.15, 0.2) is 5.78 Å². The van der Waals surface area contributed by atoms with Crippen molar-refractivity contribution in [2.75, 3.05) is 5.32 Å². The zero-order chi connectivity index (χ0) is 15.1. The fraction of sp³-hybridized carbons (Fsp3) is 0.263. The molecule has 0 saturated heterocycles. The van der Waals surface area contributed by atoms with E-state index in [-0.39, 0.29) is 17.6 Å². The maximum atomic E-state index is 12.8.